The number of hydrogen-bond donors (Lipinski definition) is 2. The molecule has 10 heteroatoms. The number of hydrogen-bond acceptors (Lipinski definition) is 4. The van der Waals surface area contributed by atoms with E-state index in [4.69, 9.17) is 11.6 Å². The zero-order valence-electron chi connectivity index (χ0n) is 19.3. The predicted octanol–water partition coefficient (Wildman–Crippen LogP) is 3.78. The molecule has 0 bridgehead atoms. The summed E-state index contributed by atoms with van der Waals surface area (Å²) in [5.41, 5.74) is 2.03. The molecule has 2 aromatic carbocycles. The molecule has 35 heavy (non-hydrogen) atoms. The normalized spacial score (nSPS) is 18.7. The number of benzene rings is 2. The Bertz CT molecular complexity index is 1140. The van der Waals surface area contributed by atoms with Gasteiger partial charge < -0.3 is 15.5 Å². The number of piperazine rings is 1. The molecule has 2 heterocycles. The number of urea groups is 2. The van der Waals surface area contributed by atoms with E-state index >= 15 is 0 Å². The highest BCUT2D eigenvalue weighted by Crippen LogP contribution is 2.23. The summed E-state index contributed by atoms with van der Waals surface area (Å²) in [5, 5.41) is 5.70. The van der Waals surface area contributed by atoms with Gasteiger partial charge in [0.15, 0.2) is 0 Å². The Morgan fingerprint density at radius 3 is 2.63 bits per heavy atom. The van der Waals surface area contributed by atoms with Crippen LogP contribution in [0.2, 0.25) is 5.02 Å². The number of amides is 5. The fourth-order valence-corrected chi connectivity index (χ4v) is 4.41. The van der Waals surface area contributed by atoms with E-state index in [1.165, 1.54) is 18.2 Å². The summed E-state index contributed by atoms with van der Waals surface area (Å²) in [6, 6.07) is 10.4. The lowest BCUT2D eigenvalue weighted by Crippen LogP contribution is -2.53. The Morgan fingerprint density at radius 1 is 1.17 bits per heavy atom. The molecule has 0 radical (unpaired) electrons. The maximum absolute atomic E-state index is 13.1. The third kappa shape index (κ3) is 6.17. The van der Waals surface area contributed by atoms with Gasteiger partial charge in [-0.3, -0.25) is 9.69 Å². The van der Waals surface area contributed by atoms with Crippen molar-refractivity contribution in [1.29, 1.82) is 0 Å². The van der Waals surface area contributed by atoms with Gasteiger partial charge in [0.2, 0.25) is 5.91 Å². The summed E-state index contributed by atoms with van der Waals surface area (Å²) in [6.45, 7) is 5.36. The van der Waals surface area contributed by atoms with E-state index in [-0.39, 0.29) is 24.3 Å². The molecule has 5 amide bonds. The van der Waals surface area contributed by atoms with Crippen molar-refractivity contribution in [2.45, 2.75) is 19.5 Å². The molecule has 2 aliphatic heterocycles. The Kier molecular flexibility index (Phi) is 7.67. The van der Waals surface area contributed by atoms with E-state index in [1.807, 2.05) is 6.92 Å². The Hall–Kier alpha value is -3.43. The van der Waals surface area contributed by atoms with Gasteiger partial charge in [-0.05, 0) is 48.4 Å². The Morgan fingerprint density at radius 2 is 1.94 bits per heavy atom. The highest BCUT2D eigenvalue weighted by Gasteiger charge is 2.27. The smallest absolute Gasteiger partial charge is 0.330 e. The first kappa shape index (κ1) is 24.7. The molecular weight excluding hydrogens is 473 g/mol. The van der Waals surface area contributed by atoms with Crippen LogP contribution < -0.4 is 10.6 Å². The maximum atomic E-state index is 13.1. The van der Waals surface area contributed by atoms with E-state index in [9.17, 15) is 18.8 Å². The number of carbonyl (C=O) groups is 3. The van der Waals surface area contributed by atoms with Crippen LogP contribution in [-0.4, -0.2) is 71.4 Å². The van der Waals surface area contributed by atoms with Crippen LogP contribution in [0.15, 0.2) is 48.5 Å². The topological polar surface area (TPSA) is 85.0 Å². The minimum absolute atomic E-state index is 0.000539. The van der Waals surface area contributed by atoms with Crippen molar-refractivity contribution in [3.63, 3.8) is 0 Å². The quantitative estimate of drug-likeness (QED) is 0.613. The van der Waals surface area contributed by atoms with Crippen molar-refractivity contribution in [2.24, 2.45) is 0 Å². The number of anilines is 1. The molecule has 2 saturated heterocycles. The van der Waals surface area contributed by atoms with Gasteiger partial charge in [0, 0.05) is 56.4 Å². The monoisotopic (exact) mass is 499 g/mol. The van der Waals surface area contributed by atoms with Crippen molar-refractivity contribution in [3.8, 4) is 0 Å². The van der Waals surface area contributed by atoms with Crippen molar-refractivity contribution in [3.05, 3.63) is 70.5 Å². The third-order valence-electron chi connectivity index (χ3n) is 6.08. The zero-order chi connectivity index (χ0) is 24.9. The van der Waals surface area contributed by atoms with E-state index in [1.54, 1.807) is 41.3 Å². The van der Waals surface area contributed by atoms with Crippen LogP contribution in [0.5, 0.6) is 0 Å². The SMILES string of the molecule is C[C@@H]1CN(Cc2ccc(F)cc2)CCN1C(=O)/C=C/c1ccc(Cl)cc1NC(=O)N1CCNC1=O. The minimum Gasteiger partial charge on any atom is -0.336 e. The highest BCUT2D eigenvalue weighted by atomic mass is 35.5. The molecule has 2 aliphatic rings. The molecule has 0 spiro atoms. The molecule has 4 rings (SSSR count). The van der Waals surface area contributed by atoms with Gasteiger partial charge in [-0.25, -0.2) is 18.9 Å². The van der Waals surface area contributed by atoms with Crippen LogP contribution in [0.25, 0.3) is 6.08 Å². The largest absolute Gasteiger partial charge is 0.336 e. The maximum Gasteiger partial charge on any atom is 0.330 e. The molecule has 2 aromatic rings. The summed E-state index contributed by atoms with van der Waals surface area (Å²) < 4.78 is 13.1. The second-order valence-electron chi connectivity index (χ2n) is 8.62. The molecule has 2 fully saturated rings. The van der Waals surface area contributed by atoms with Crippen LogP contribution in [0.1, 0.15) is 18.1 Å². The van der Waals surface area contributed by atoms with E-state index in [0.717, 1.165) is 10.5 Å². The Balaban J connectivity index is 1.38. The van der Waals surface area contributed by atoms with Gasteiger partial charge in [0.1, 0.15) is 5.82 Å². The average Bonchev–Trinajstić information content (AvgIpc) is 3.26. The summed E-state index contributed by atoms with van der Waals surface area (Å²) in [4.78, 5) is 42.3. The fraction of sp³-hybridized carbons (Fsp3) is 0.320. The molecule has 0 aromatic heterocycles. The lowest BCUT2D eigenvalue weighted by atomic mass is 10.1. The number of imide groups is 1. The number of nitrogens with one attached hydrogen (secondary N) is 2. The molecule has 0 saturated carbocycles. The van der Waals surface area contributed by atoms with Gasteiger partial charge in [0.05, 0.1) is 5.69 Å². The molecule has 184 valence electrons. The predicted molar refractivity (Wildman–Crippen MR) is 132 cm³/mol. The standard InChI is InChI=1S/C25H27ClFN5O3/c1-17-15-30(16-18-2-7-21(27)8-3-18)12-13-31(17)23(33)9-5-19-4-6-20(26)14-22(19)29-25(35)32-11-10-28-24(32)34/h2-9,14,17H,10-13,15-16H2,1H3,(H,28,34)(H,29,35)/b9-5+/t17-/m1/s1. The van der Waals surface area contributed by atoms with Crippen molar-refractivity contribution in [1.82, 2.24) is 20.0 Å². The van der Waals surface area contributed by atoms with Crippen molar-refractivity contribution in [2.75, 3.05) is 38.0 Å². The lowest BCUT2D eigenvalue weighted by molar-refractivity contribution is -0.130. The minimum atomic E-state index is -0.561. The van der Waals surface area contributed by atoms with Gasteiger partial charge in [-0.1, -0.05) is 29.8 Å². The van der Waals surface area contributed by atoms with Crippen molar-refractivity contribution < 1.29 is 18.8 Å². The van der Waals surface area contributed by atoms with Gasteiger partial charge in [-0.2, -0.15) is 0 Å². The number of rotatable bonds is 5. The average molecular weight is 500 g/mol. The van der Waals surface area contributed by atoms with Crippen LogP contribution >= 0.6 is 11.6 Å². The van der Waals surface area contributed by atoms with E-state index < -0.39 is 12.1 Å². The van der Waals surface area contributed by atoms with Gasteiger partial charge in [0.25, 0.3) is 0 Å². The van der Waals surface area contributed by atoms with Crippen LogP contribution in [0, 0.1) is 5.82 Å². The first-order valence-electron chi connectivity index (χ1n) is 11.4. The Labute approximate surface area is 208 Å². The van der Waals surface area contributed by atoms with Crippen LogP contribution in [0.3, 0.4) is 0 Å². The van der Waals surface area contributed by atoms with E-state index in [2.05, 4.69) is 15.5 Å². The molecule has 0 unspecified atom stereocenters. The van der Waals surface area contributed by atoms with Crippen LogP contribution in [-0.2, 0) is 11.3 Å². The second kappa shape index (κ2) is 10.9. The fourth-order valence-electron chi connectivity index (χ4n) is 4.24. The molecule has 1 atom stereocenters. The lowest BCUT2D eigenvalue weighted by Gasteiger charge is -2.39. The van der Waals surface area contributed by atoms with Crippen molar-refractivity contribution >= 4 is 41.3 Å². The van der Waals surface area contributed by atoms with E-state index in [0.29, 0.717) is 49.0 Å². The second-order valence-corrected chi connectivity index (χ2v) is 9.06. The van der Waals surface area contributed by atoms with Crippen LogP contribution in [0.4, 0.5) is 19.7 Å². The zero-order valence-corrected chi connectivity index (χ0v) is 20.1. The first-order valence-corrected chi connectivity index (χ1v) is 11.8. The van der Waals surface area contributed by atoms with Gasteiger partial charge in [-0.15, -0.1) is 0 Å². The first-order chi connectivity index (χ1) is 16.8. The summed E-state index contributed by atoms with van der Waals surface area (Å²) >= 11 is 6.10. The molecule has 8 nitrogen and oxygen atoms in total. The third-order valence-corrected chi connectivity index (χ3v) is 6.31. The highest BCUT2D eigenvalue weighted by molar-refractivity contribution is 6.31. The van der Waals surface area contributed by atoms with Gasteiger partial charge >= 0.3 is 12.1 Å². The molecule has 2 N–H and O–H groups in total. The molecular formula is C25H27ClFN5O3. The number of carbonyl (C=O) groups excluding carboxylic acids is 3. The number of nitrogens with zero attached hydrogens (tertiary/aromatic N) is 3. The molecule has 0 aliphatic carbocycles. The summed E-state index contributed by atoms with van der Waals surface area (Å²) in [5.74, 6) is -0.389. The summed E-state index contributed by atoms with van der Waals surface area (Å²) in [6.07, 6.45) is 3.11. The summed E-state index contributed by atoms with van der Waals surface area (Å²) in [7, 11) is 0. The number of halogens is 2.